The number of rotatable bonds is 8. The summed E-state index contributed by atoms with van der Waals surface area (Å²) in [6, 6.07) is 2.39. The molecule has 1 aromatic rings. The van der Waals surface area contributed by atoms with Gasteiger partial charge in [0.15, 0.2) is 0 Å². The Labute approximate surface area is 116 Å². The molecule has 108 valence electrons. The molecule has 19 heavy (non-hydrogen) atoms. The quantitative estimate of drug-likeness (QED) is 0.705. The lowest BCUT2D eigenvalue weighted by Crippen LogP contribution is -2.28. The summed E-state index contributed by atoms with van der Waals surface area (Å²) in [7, 11) is 2.15. The Morgan fingerprint density at radius 2 is 2.11 bits per heavy atom. The number of nitrogens with one attached hydrogen (secondary N) is 1. The Balaban J connectivity index is 2.40. The molecule has 0 unspecified atom stereocenters. The minimum Gasteiger partial charge on any atom is -0.384 e. The number of aryl methyl sites for hydroxylation is 1. The smallest absolute Gasteiger partial charge is 0.133 e. The van der Waals surface area contributed by atoms with E-state index in [1.54, 1.807) is 6.07 Å². The Morgan fingerprint density at radius 1 is 1.37 bits per heavy atom. The Kier molecular flexibility index (Phi) is 6.56. The molecule has 0 aliphatic rings. The standard InChI is InChI=1S/C14H27N5/c1-5-7-13-17-12(15)10-14(18-13)16-8-6-9-19(4)11(2)3/h10-11H,5-9H2,1-4H3,(H3,15,16,17,18). The van der Waals surface area contributed by atoms with Gasteiger partial charge in [0.2, 0.25) is 0 Å². The molecule has 1 rings (SSSR count). The summed E-state index contributed by atoms with van der Waals surface area (Å²) < 4.78 is 0. The van der Waals surface area contributed by atoms with Crippen LogP contribution in [0.3, 0.4) is 0 Å². The summed E-state index contributed by atoms with van der Waals surface area (Å²) in [4.78, 5) is 11.0. The number of anilines is 2. The van der Waals surface area contributed by atoms with Crippen LogP contribution in [0, 0.1) is 0 Å². The van der Waals surface area contributed by atoms with Gasteiger partial charge in [-0.3, -0.25) is 0 Å². The maximum Gasteiger partial charge on any atom is 0.133 e. The molecule has 5 heteroatoms. The van der Waals surface area contributed by atoms with E-state index < -0.39 is 0 Å². The first kappa shape index (κ1) is 15.7. The topological polar surface area (TPSA) is 67.1 Å². The third-order valence-corrected chi connectivity index (χ3v) is 3.14. The van der Waals surface area contributed by atoms with Gasteiger partial charge in [-0.1, -0.05) is 6.92 Å². The fraction of sp³-hybridized carbons (Fsp3) is 0.714. The van der Waals surface area contributed by atoms with Gasteiger partial charge < -0.3 is 16.0 Å². The average molecular weight is 265 g/mol. The highest BCUT2D eigenvalue weighted by molar-refractivity contribution is 5.44. The zero-order valence-corrected chi connectivity index (χ0v) is 12.6. The molecule has 0 bridgehead atoms. The lowest BCUT2D eigenvalue weighted by Gasteiger charge is -2.20. The van der Waals surface area contributed by atoms with Crippen LogP contribution in [-0.4, -0.2) is 41.0 Å². The van der Waals surface area contributed by atoms with Crippen LogP contribution in [0.2, 0.25) is 0 Å². The highest BCUT2D eigenvalue weighted by atomic mass is 15.1. The maximum absolute atomic E-state index is 5.78. The number of nitrogen functional groups attached to an aromatic ring is 1. The van der Waals surface area contributed by atoms with Crippen LogP contribution in [0.25, 0.3) is 0 Å². The first-order valence-corrected chi connectivity index (χ1v) is 7.10. The fourth-order valence-corrected chi connectivity index (χ4v) is 1.75. The Hall–Kier alpha value is -1.36. The van der Waals surface area contributed by atoms with E-state index in [-0.39, 0.29) is 0 Å². The molecule has 0 radical (unpaired) electrons. The third kappa shape index (κ3) is 5.87. The first-order valence-electron chi connectivity index (χ1n) is 7.10. The minimum absolute atomic E-state index is 0.542. The molecule has 1 heterocycles. The molecule has 0 saturated heterocycles. The van der Waals surface area contributed by atoms with E-state index in [2.05, 4.69) is 48.0 Å². The molecule has 0 atom stereocenters. The van der Waals surface area contributed by atoms with Crippen molar-refractivity contribution in [2.24, 2.45) is 0 Å². The van der Waals surface area contributed by atoms with E-state index >= 15 is 0 Å². The molecular formula is C14H27N5. The van der Waals surface area contributed by atoms with Crippen molar-refractivity contribution in [3.05, 3.63) is 11.9 Å². The molecule has 0 spiro atoms. The summed E-state index contributed by atoms with van der Waals surface area (Å²) in [5.41, 5.74) is 5.78. The molecule has 0 aliphatic carbocycles. The highest BCUT2D eigenvalue weighted by Gasteiger charge is 2.04. The van der Waals surface area contributed by atoms with Crippen molar-refractivity contribution in [1.29, 1.82) is 0 Å². The summed E-state index contributed by atoms with van der Waals surface area (Å²) in [5, 5.41) is 3.32. The summed E-state index contributed by atoms with van der Waals surface area (Å²) in [6.45, 7) is 8.50. The molecular weight excluding hydrogens is 238 g/mol. The normalized spacial score (nSPS) is 11.3. The molecule has 0 aromatic carbocycles. The number of nitrogens with two attached hydrogens (primary N) is 1. The summed E-state index contributed by atoms with van der Waals surface area (Å²) in [5.74, 6) is 2.20. The lowest BCUT2D eigenvalue weighted by molar-refractivity contribution is 0.273. The molecule has 5 nitrogen and oxygen atoms in total. The predicted octanol–water partition coefficient (Wildman–Crippen LogP) is 2.15. The number of hydrogen-bond acceptors (Lipinski definition) is 5. The number of nitrogens with zero attached hydrogens (tertiary/aromatic N) is 3. The Morgan fingerprint density at radius 3 is 2.74 bits per heavy atom. The molecule has 0 saturated carbocycles. The highest BCUT2D eigenvalue weighted by Crippen LogP contribution is 2.09. The van der Waals surface area contributed by atoms with Crippen molar-refractivity contribution in [3.8, 4) is 0 Å². The number of aromatic nitrogens is 2. The van der Waals surface area contributed by atoms with Gasteiger partial charge in [-0.05, 0) is 40.3 Å². The van der Waals surface area contributed by atoms with E-state index in [9.17, 15) is 0 Å². The zero-order valence-electron chi connectivity index (χ0n) is 12.6. The lowest BCUT2D eigenvalue weighted by atomic mass is 10.3. The first-order chi connectivity index (χ1) is 9.02. The second-order valence-corrected chi connectivity index (χ2v) is 5.20. The van der Waals surface area contributed by atoms with E-state index in [1.807, 2.05) is 0 Å². The summed E-state index contributed by atoms with van der Waals surface area (Å²) >= 11 is 0. The van der Waals surface area contributed by atoms with Crippen molar-refractivity contribution < 1.29 is 0 Å². The van der Waals surface area contributed by atoms with Gasteiger partial charge in [-0.2, -0.15) is 0 Å². The maximum atomic E-state index is 5.78. The average Bonchev–Trinajstić information content (AvgIpc) is 2.34. The van der Waals surface area contributed by atoms with Crippen molar-refractivity contribution in [2.75, 3.05) is 31.2 Å². The van der Waals surface area contributed by atoms with E-state index in [0.717, 1.165) is 44.0 Å². The molecule has 3 N–H and O–H groups in total. The van der Waals surface area contributed by atoms with Gasteiger partial charge >= 0.3 is 0 Å². The second kappa shape index (κ2) is 7.94. The van der Waals surface area contributed by atoms with Crippen LogP contribution >= 0.6 is 0 Å². The van der Waals surface area contributed by atoms with Crippen LogP contribution in [0.1, 0.15) is 39.4 Å². The van der Waals surface area contributed by atoms with Gasteiger partial charge in [0.25, 0.3) is 0 Å². The van der Waals surface area contributed by atoms with Gasteiger partial charge in [0, 0.05) is 25.1 Å². The van der Waals surface area contributed by atoms with Crippen molar-refractivity contribution >= 4 is 11.6 Å². The minimum atomic E-state index is 0.542. The van der Waals surface area contributed by atoms with Gasteiger partial charge in [-0.25, -0.2) is 9.97 Å². The van der Waals surface area contributed by atoms with Crippen LogP contribution in [-0.2, 0) is 6.42 Å². The van der Waals surface area contributed by atoms with Gasteiger partial charge in [0.1, 0.15) is 17.5 Å². The third-order valence-electron chi connectivity index (χ3n) is 3.14. The SMILES string of the molecule is CCCc1nc(N)cc(NCCCN(C)C(C)C)n1. The Bertz CT molecular complexity index is 378. The van der Waals surface area contributed by atoms with Crippen molar-refractivity contribution in [3.63, 3.8) is 0 Å². The zero-order chi connectivity index (χ0) is 14.3. The van der Waals surface area contributed by atoms with Gasteiger partial charge in [0.05, 0.1) is 0 Å². The van der Waals surface area contributed by atoms with E-state index in [4.69, 9.17) is 5.73 Å². The second-order valence-electron chi connectivity index (χ2n) is 5.20. The molecule has 1 aromatic heterocycles. The molecule has 0 amide bonds. The van der Waals surface area contributed by atoms with Gasteiger partial charge in [-0.15, -0.1) is 0 Å². The predicted molar refractivity (Wildman–Crippen MR) is 81.3 cm³/mol. The number of hydrogen-bond donors (Lipinski definition) is 2. The van der Waals surface area contributed by atoms with Crippen molar-refractivity contribution in [2.45, 2.75) is 46.1 Å². The van der Waals surface area contributed by atoms with E-state index in [1.165, 1.54) is 0 Å². The van der Waals surface area contributed by atoms with Crippen LogP contribution in [0.15, 0.2) is 6.07 Å². The van der Waals surface area contributed by atoms with Crippen LogP contribution in [0.5, 0.6) is 0 Å². The summed E-state index contributed by atoms with van der Waals surface area (Å²) in [6.07, 6.45) is 2.99. The van der Waals surface area contributed by atoms with Crippen LogP contribution < -0.4 is 11.1 Å². The molecule has 0 fully saturated rings. The van der Waals surface area contributed by atoms with Crippen molar-refractivity contribution in [1.82, 2.24) is 14.9 Å². The molecule has 0 aliphatic heterocycles. The van der Waals surface area contributed by atoms with E-state index in [0.29, 0.717) is 11.9 Å². The fourth-order valence-electron chi connectivity index (χ4n) is 1.75. The monoisotopic (exact) mass is 265 g/mol. The largest absolute Gasteiger partial charge is 0.384 e. The van der Waals surface area contributed by atoms with Crippen LogP contribution in [0.4, 0.5) is 11.6 Å².